The molecule has 0 radical (unpaired) electrons. The van der Waals surface area contributed by atoms with E-state index in [9.17, 15) is 19.5 Å². The first-order valence-corrected chi connectivity index (χ1v) is 15.5. The van der Waals surface area contributed by atoms with E-state index in [4.69, 9.17) is 4.74 Å². The number of carbonyl (C=O) groups is 3. The van der Waals surface area contributed by atoms with Crippen molar-refractivity contribution in [3.05, 3.63) is 35.4 Å². The Morgan fingerprint density at radius 3 is 2.50 bits per heavy atom. The Morgan fingerprint density at radius 1 is 1.10 bits per heavy atom. The first kappa shape index (κ1) is 32.4. The van der Waals surface area contributed by atoms with Crippen molar-refractivity contribution >= 4 is 17.5 Å². The number of nitrogens with one attached hydrogen (secondary N) is 1. The summed E-state index contributed by atoms with van der Waals surface area (Å²) in [6.07, 6.45) is 8.17. The fourth-order valence-corrected chi connectivity index (χ4v) is 6.12. The zero-order valence-electron chi connectivity index (χ0n) is 25.1. The molecule has 2 atom stereocenters. The van der Waals surface area contributed by atoms with E-state index in [1.165, 1.54) is 12.8 Å². The molecule has 7 nitrogen and oxygen atoms in total. The van der Waals surface area contributed by atoms with Gasteiger partial charge < -0.3 is 15.2 Å². The van der Waals surface area contributed by atoms with Crippen LogP contribution < -0.4 is 5.32 Å². The molecule has 224 valence electrons. The van der Waals surface area contributed by atoms with Gasteiger partial charge in [0.25, 0.3) is 0 Å². The van der Waals surface area contributed by atoms with Crippen LogP contribution in [0.5, 0.6) is 0 Å². The summed E-state index contributed by atoms with van der Waals surface area (Å²) in [4.78, 5) is 43.0. The second-order valence-corrected chi connectivity index (χ2v) is 12.7. The molecular formula is C33H52N2O5. The zero-order chi connectivity index (χ0) is 29.0. The highest BCUT2D eigenvalue weighted by molar-refractivity contribution is 5.93. The lowest BCUT2D eigenvalue weighted by molar-refractivity contribution is -0.135. The van der Waals surface area contributed by atoms with E-state index in [1.54, 1.807) is 0 Å². The van der Waals surface area contributed by atoms with Crippen LogP contribution in [0.15, 0.2) is 24.3 Å². The topological polar surface area (TPSA) is 95.9 Å². The molecule has 0 bridgehead atoms. The van der Waals surface area contributed by atoms with Gasteiger partial charge in [-0.05, 0) is 57.1 Å². The standard InChI is InChI=1S/C33H52N2O5/c1-25-9-8-12-27(21-25)24-33(2,3)31(38)23-28(14-15-35-16-19-40-20-17-35)32(39)34-29(13-6-7-18-36)30(37)22-26-10-4-5-11-26/h8-9,12,21,26,28-29,36H,4-7,10-11,13-20,22-24H2,1-3H3,(H,34,39)/t28-,29+/m1/s1. The van der Waals surface area contributed by atoms with Crippen LogP contribution in [0.4, 0.5) is 0 Å². The second kappa shape index (κ2) is 16.4. The molecule has 0 aromatic heterocycles. The number of aryl methyl sites for hydroxylation is 1. The van der Waals surface area contributed by atoms with Gasteiger partial charge in [-0.3, -0.25) is 19.3 Å². The molecule has 1 aliphatic heterocycles. The number of ether oxygens (including phenoxy) is 1. The molecule has 1 amide bonds. The summed E-state index contributed by atoms with van der Waals surface area (Å²) in [7, 11) is 0. The Hall–Kier alpha value is -2.09. The lowest BCUT2D eigenvalue weighted by atomic mass is 9.77. The van der Waals surface area contributed by atoms with Crippen molar-refractivity contribution in [2.75, 3.05) is 39.5 Å². The van der Waals surface area contributed by atoms with Gasteiger partial charge in [-0.15, -0.1) is 0 Å². The smallest absolute Gasteiger partial charge is 0.224 e. The molecule has 0 spiro atoms. The van der Waals surface area contributed by atoms with Crippen molar-refractivity contribution in [2.45, 2.75) is 97.4 Å². The molecular weight excluding hydrogens is 504 g/mol. The number of carbonyl (C=O) groups excluding carboxylic acids is 3. The molecule has 1 aromatic rings. The number of rotatable bonds is 17. The van der Waals surface area contributed by atoms with Crippen LogP contribution >= 0.6 is 0 Å². The van der Waals surface area contributed by atoms with Crippen LogP contribution in [0.3, 0.4) is 0 Å². The Labute approximate surface area is 241 Å². The van der Waals surface area contributed by atoms with Crippen molar-refractivity contribution in [3.8, 4) is 0 Å². The Morgan fingerprint density at radius 2 is 1.82 bits per heavy atom. The van der Waals surface area contributed by atoms with E-state index in [2.05, 4.69) is 35.3 Å². The number of amides is 1. The quantitative estimate of drug-likeness (QED) is 0.271. The van der Waals surface area contributed by atoms with E-state index < -0.39 is 17.4 Å². The molecule has 2 N–H and O–H groups in total. The van der Waals surface area contributed by atoms with Gasteiger partial charge in [0.1, 0.15) is 5.78 Å². The summed E-state index contributed by atoms with van der Waals surface area (Å²) in [6, 6.07) is 7.68. The highest BCUT2D eigenvalue weighted by Crippen LogP contribution is 2.30. The number of hydrogen-bond donors (Lipinski definition) is 2. The molecule has 40 heavy (non-hydrogen) atoms. The van der Waals surface area contributed by atoms with Crippen molar-refractivity contribution in [1.29, 1.82) is 0 Å². The average molecular weight is 557 g/mol. The maximum atomic E-state index is 13.8. The summed E-state index contributed by atoms with van der Waals surface area (Å²) < 4.78 is 5.48. The molecule has 1 aliphatic carbocycles. The minimum absolute atomic E-state index is 0.0736. The van der Waals surface area contributed by atoms with Crippen LogP contribution in [0.2, 0.25) is 0 Å². The first-order chi connectivity index (χ1) is 19.2. The van der Waals surface area contributed by atoms with Gasteiger partial charge in [0.15, 0.2) is 5.78 Å². The minimum Gasteiger partial charge on any atom is -0.396 e. The normalized spacial score (nSPS) is 18.4. The molecule has 1 saturated heterocycles. The van der Waals surface area contributed by atoms with Crippen molar-refractivity contribution in [2.24, 2.45) is 17.3 Å². The maximum absolute atomic E-state index is 13.8. The van der Waals surface area contributed by atoms with E-state index >= 15 is 0 Å². The lowest BCUT2D eigenvalue weighted by Crippen LogP contribution is -2.46. The van der Waals surface area contributed by atoms with E-state index in [0.717, 1.165) is 43.6 Å². The van der Waals surface area contributed by atoms with E-state index in [1.807, 2.05) is 19.9 Å². The van der Waals surface area contributed by atoms with Gasteiger partial charge in [0.2, 0.25) is 5.91 Å². The van der Waals surface area contributed by atoms with Gasteiger partial charge in [-0.25, -0.2) is 0 Å². The van der Waals surface area contributed by atoms with Crippen LogP contribution in [-0.2, 0) is 25.5 Å². The number of aliphatic hydroxyl groups is 1. The van der Waals surface area contributed by atoms with Gasteiger partial charge in [-0.2, -0.15) is 0 Å². The molecule has 7 heteroatoms. The van der Waals surface area contributed by atoms with E-state index in [0.29, 0.717) is 57.7 Å². The Kier molecular flexibility index (Phi) is 13.3. The Bertz CT molecular complexity index is 950. The van der Waals surface area contributed by atoms with Crippen LogP contribution in [-0.4, -0.2) is 73.0 Å². The molecule has 1 aromatic carbocycles. The number of ketones is 2. The van der Waals surface area contributed by atoms with Gasteiger partial charge in [0, 0.05) is 43.9 Å². The van der Waals surface area contributed by atoms with Crippen molar-refractivity contribution in [3.63, 3.8) is 0 Å². The van der Waals surface area contributed by atoms with Crippen molar-refractivity contribution < 1.29 is 24.2 Å². The third-order valence-corrected chi connectivity index (χ3v) is 8.75. The molecule has 2 fully saturated rings. The first-order valence-electron chi connectivity index (χ1n) is 15.5. The maximum Gasteiger partial charge on any atom is 0.224 e. The van der Waals surface area contributed by atoms with Gasteiger partial charge in [0.05, 0.1) is 19.3 Å². The molecule has 1 saturated carbocycles. The fraction of sp³-hybridized carbons (Fsp3) is 0.727. The molecule has 2 aliphatic rings. The van der Waals surface area contributed by atoms with Crippen LogP contribution in [0.25, 0.3) is 0 Å². The van der Waals surface area contributed by atoms with Crippen LogP contribution in [0.1, 0.15) is 89.2 Å². The predicted octanol–water partition coefficient (Wildman–Crippen LogP) is 4.66. The number of unbranched alkanes of at least 4 members (excludes halogenated alkanes) is 1. The minimum atomic E-state index is -0.607. The number of benzene rings is 1. The average Bonchev–Trinajstić information content (AvgIpc) is 3.43. The summed E-state index contributed by atoms with van der Waals surface area (Å²) in [6.45, 7) is 9.80. The summed E-state index contributed by atoms with van der Waals surface area (Å²) in [5.41, 5.74) is 1.68. The molecule has 0 unspecified atom stereocenters. The van der Waals surface area contributed by atoms with Gasteiger partial charge in [-0.1, -0.05) is 69.4 Å². The predicted molar refractivity (Wildman–Crippen MR) is 158 cm³/mol. The number of hydrogen-bond acceptors (Lipinski definition) is 6. The summed E-state index contributed by atoms with van der Waals surface area (Å²) >= 11 is 0. The molecule has 1 heterocycles. The fourth-order valence-electron chi connectivity index (χ4n) is 6.12. The zero-order valence-corrected chi connectivity index (χ0v) is 25.1. The van der Waals surface area contributed by atoms with Gasteiger partial charge >= 0.3 is 0 Å². The third-order valence-electron chi connectivity index (χ3n) is 8.75. The number of nitrogens with zero attached hydrogens (tertiary/aromatic N) is 1. The highest BCUT2D eigenvalue weighted by Gasteiger charge is 2.34. The monoisotopic (exact) mass is 556 g/mol. The second-order valence-electron chi connectivity index (χ2n) is 12.7. The SMILES string of the molecule is Cc1cccc(CC(C)(C)C(=O)C[C@@H](CCN2CCOCC2)C(=O)N[C@@H](CCCCO)C(=O)CC2CCCC2)c1. The third kappa shape index (κ3) is 10.7. The Balaban J connectivity index is 1.70. The summed E-state index contributed by atoms with van der Waals surface area (Å²) in [5, 5.41) is 12.4. The highest BCUT2D eigenvalue weighted by atomic mass is 16.5. The largest absolute Gasteiger partial charge is 0.396 e. The van der Waals surface area contributed by atoms with Crippen LogP contribution in [0, 0.1) is 24.2 Å². The lowest BCUT2D eigenvalue weighted by Gasteiger charge is -2.30. The summed E-state index contributed by atoms with van der Waals surface area (Å²) in [5.74, 6) is -0.110. The number of morpholine rings is 1. The number of aliphatic hydroxyl groups excluding tert-OH is 1. The van der Waals surface area contributed by atoms with Crippen molar-refractivity contribution in [1.82, 2.24) is 10.2 Å². The number of Topliss-reactive ketones (excluding diaryl/α,β-unsaturated/α-hetero) is 2. The molecule has 3 rings (SSSR count). The van der Waals surface area contributed by atoms with E-state index in [-0.39, 0.29) is 30.5 Å².